The molecule has 4 aromatic rings. The first-order chi connectivity index (χ1) is 15.8. The van der Waals surface area contributed by atoms with E-state index < -0.39 is 15.9 Å². The molecule has 0 aliphatic heterocycles. The van der Waals surface area contributed by atoms with E-state index in [1.54, 1.807) is 24.3 Å². The van der Waals surface area contributed by atoms with Crippen molar-refractivity contribution < 1.29 is 13.2 Å². The normalized spacial score (nSPS) is 12.7. The van der Waals surface area contributed by atoms with Gasteiger partial charge in [0.15, 0.2) is 0 Å². The van der Waals surface area contributed by atoms with E-state index in [1.807, 2.05) is 31.2 Å². The molecule has 0 spiro atoms. The van der Waals surface area contributed by atoms with E-state index in [-0.39, 0.29) is 15.5 Å². The summed E-state index contributed by atoms with van der Waals surface area (Å²) in [5, 5.41) is 5.16. The first kappa shape index (κ1) is 21.5. The molecular weight excluding hydrogens is 456 g/mol. The molecule has 4 aromatic carbocycles. The molecule has 0 aromatic heterocycles. The molecule has 166 valence electrons. The molecule has 1 aliphatic carbocycles. The molecule has 0 bridgehead atoms. The summed E-state index contributed by atoms with van der Waals surface area (Å²) in [5.41, 5.74) is 4.88. The van der Waals surface area contributed by atoms with Gasteiger partial charge in [-0.05, 0) is 72.7 Å². The number of carbonyl (C=O) groups is 1. The average Bonchev–Trinajstić information content (AvgIpc) is 3.22. The molecule has 2 N–H and O–H groups in total. The molecule has 1 aliphatic rings. The van der Waals surface area contributed by atoms with Crippen LogP contribution in [-0.4, -0.2) is 14.3 Å². The maximum Gasteiger partial charge on any atom is 0.263 e. The van der Waals surface area contributed by atoms with Crippen LogP contribution in [-0.2, 0) is 22.9 Å². The predicted octanol–water partition coefficient (Wildman–Crippen LogP) is 5.95. The molecule has 0 atom stereocenters. The summed E-state index contributed by atoms with van der Waals surface area (Å²) in [7, 11) is -3.99. The predicted molar refractivity (Wildman–Crippen MR) is 133 cm³/mol. The highest BCUT2D eigenvalue weighted by atomic mass is 35.5. The van der Waals surface area contributed by atoms with Gasteiger partial charge in [0.2, 0.25) is 0 Å². The van der Waals surface area contributed by atoms with Crippen LogP contribution in [0.5, 0.6) is 0 Å². The number of hydrogen-bond acceptors (Lipinski definition) is 3. The van der Waals surface area contributed by atoms with Crippen LogP contribution in [0.25, 0.3) is 10.8 Å². The Kier molecular flexibility index (Phi) is 5.35. The lowest BCUT2D eigenvalue weighted by atomic mass is 10.0. The molecule has 0 radical (unpaired) electrons. The molecular formula is C26H21ClN2O3S. The fraction of sp³-hybridized carbons (Fsp3) is 0.115. The van der Waals surface area contributed by atoms with Gasteiger partial charge in [0.1, 0.15) is 4.90 Å². The van der Waals surface area contributed by atoms with Crippen LogP contribution in [0.2, 0.25) is 5.02 Å². The number of rotatable bonds is 5. The number of sulfonamides is 1. The van der Waals surface area contributed by atoms with Gasteiger partial charge in [-0.15, -0.1) is 0 Å². The summed E-state index contributed by atoms with van der Waals surface area (Å²) < 4.78 is 28.5. The first-order valence-corrected chi connectivity index (χ1v) is 12.4. The maximum absolute atomic E-state index is 13.1. The molecule has 0 unspecified atom stereocenters. The molecule has 0 fully saturated rings. The lowest BCUT2D eigenvalue weighted by Crippen LogP contribution is -2.16. The zero-order valence-electron chi connectivity index (χ0n) is 17.9. The van der Waals surface area contributed by atoms with E-state index in [0.29, 0.717) is 11.4 Å². The number of halogens is 1. The Balaban J connectivity index is 1.45. The molecule has 5 nitrogen and oxygen atoms in total. The van der Waals surface area contributed by atoms with Crippen molar-refractivity contribution in [1.29, 1.82) is 0 Å². The Labute approximate surface area is 197 Å². The molecule has 5 rings (SSSR count). The Bertz CT molecular complexity index is 1500. The van der Waals surface area contributed by atoms with Crippen molar-refractivity contribution in [2.24, 2.45) is 0 Å². The van der Waals surface area contributed by atoms with E-state index in [9.17, 15) is 13.2 Å². The van der Waals surface area contributed by atoms with Crippen molar-refractivity contribution >= 4 is 49.7 Å². The smallest absolute Gasteiger partial charge is 0.263 e. The van der Waals surface area contributed by atoms with Crippen LogP contribution < -0.4 is 10.0 Å². The van der Waals surface area contributed by atoms with E-state index in [4.69, 9.17) is 11.6 Å². The maximum atomic E-state index is 13.1. The highest BCUT2D eigenvalue weighted by Crippen LogP contribution is 2.35. The zero-order chi connectivity index (χ0) is 23.2. The van der Waals surface area contributed by atoms with Crippen molar-refractivity contribution in [3.63, 3.8) is 0 Å². The summed E-state index contributed by atoms with van der Waals surface area (Å²) in [6.45, 7) is 1.92. The minimum Gasteiger partial charge on any atom is -0.321 e. The van der Waals surface area contributed by atoms with Gasteiger partial charge in [-0.3, -0.25) is 9.52 Å². The number of aryl methyl sites for hydroxylation is 3. The van der Waals surface area contributed by atoms with Crippen molar-refractivity contribution in [3.8, 4) is 0 Å². The molecule has 0 saturated heterocycles. The third kappa shape index (κ3) is 4.08. The number of amides is 1. The van der Waals surface area contributed by atoms with Crippen molar-refractivity contribution in [2.45, 2.75) is 24.7 Å². The van der Waals surface area contributed by atoms with Crippen LogP contribution in [0.3, 0.4) is 0 Å². The van der Waals surface area contributed by atoms with Crippen LogP contribution >= 0.6 is 11.6 Å². The monoisotopic (exact) mass is 476 g/mol. The largest absolute Gasteiger partial charge is 0.321 e. The van der Waals surface area contributed by atoms with Gasteiger partial charge >= 0.3 is 0 Å². The van der Waals surface area contributed by atoms with Gasteiger partial charge in [-0.2, -0.15) is 0 Å². The van der Waals surface area contributed by atoms with Gasteiger partial charge in [-0.25, -0.2) is 8.42 Å². The molecule has 33 heavy (non-hydrogen) atoms. The fourth-order valence-corrected chi connectivity index (χ4v) is 5.82. The van der Waals surface area contributed by atoms with Crippen LogP contribution in [0, 0.1) is 6.92 Å². The van der Waals surface area contributed by atoms with Crippen molar-refractivity contribution in [3.05, 3.63) is 100 Å². The summed E-state index contributed by atoms with van der Waals surface area (Å²) in [4.78, 5) is 12.9. The topological polar surface area (TPSA) is 75.3 Å². The van der Waals surface area contributed by atoms with Crippen LogP contribution in [0.1, 0.15) is 27.0 Å². The number of nitrogens with one attached hydrogen (secondary N) is 2. The Morgan fingerprint density at radius 2 is 1.64 bits per heavy atom. The SMILES string of the molecule is Cc1ccc(NS(=O)(=O)c2cc(C(=O)Nc3ccc4c5c(cccc35)CC4)ccc2Cl)cc1. The van der Waals surface area contributed by atoms with Gasteiger partial charge in [-0.1, -0.05) is 53.6 Å². The molecule has 1 amide bonds. The Hall–Kier alpha value is -3.35. The first-order valence-electron chi connectivity index (χ1n) is 10.6. The summed E-state index contributed by atoms with van der Waals surface area (Å²) in [6.07, 6.45) is 1.99. The van der Waals surface area contributed by atoms with Gasteiger partial charge < -0.3 is 5.32 Å². The lowest BCUT2D eigenvalue weighted by Gasteiger charge is -2.13. The standard InChI is InChI=1S/C26H21ClN2O3S/c1-16-5-11-20(12-6-16)29-33(31,32)24-15-19(9-13-22(24)27)26(30)28-23-14-10-18-8-7-17-3-2-4-21(23)25(17)18/h2-6,9-15,29H,7-8H2,1H3,(H,28,30). The van der Waals surface area contributed by atoms with E-state index in [0.717, 1.165) is 23.8 Å². The Morgan fingerprint density at radius 3 is 2.39 bits per heavy atom. The number of hydrogen-bond donors (Lipinski definition) is 2. The summed E-state index contributed by atoms with van der Waals surface area (Å²) >= 11 is 6.21. The van der Waals surface area contributed by atoms with Gasteiger partial charge in [0.25, 0.3) is 15.9 Å². The highest BCUT2D eigenvalue weighted by molar-refractivity contribution is 7.92. The minimum absolute atomic E-state index is 0.0384. The van der Waals surface area contributed by atoms with Crippen molar-refractivity contribution in [1.82, 2.24) is 0 Å². The number of anilines is 2. The second-order valence-electron chi connectivity index (χ2n) is 8.18. The van der Waals surface area contributed by atoms with E-state index in [1.165, 1.54) is 34.7 Å². The van der Waals surface area contributed by atoms with Crippen molar-refractivity contribution in [2.75, 3.05) is 10.0 Å². The Morgan fingerprint density at radius 1 is 0.909 bits per heavy atom. The summed E-state index contributed by atoms with van der Waals surface area (Å²) in [6, 6.07) is 21.2. The number of benzene rings is 4. The van der Waals surface area contributed by atoms with E-state index in [2.05, 4.69) is 16.1 Å². The van der Waals surface area contributed by atoms with E-state index >= 15 is 0 Å². The quantitative estimate of drug-likeness (QED) is 0.373. The second kappa shape index (κ2) is 8.21. The third-order valence-electron chi connectivity index (χ3n) is 5.91. The molecule has 0 heterocycles. The highest BCUT2D eigenvalue weighted by Gasteiger charge is 2.22. The molecule has 7 heteroatoms. The van der Waals surface area contributed by atoms with Crippen LogP contribution in [0.4, 0.5) is 11.4 Å². The molecule has 0 saturated carbocycles. The summed E-state index contributed by atoms with van der Waals surface area (Å²) in [5.74, 6) is -0.405. The minimum atomic E-state index is -3.99. The third-order valence-corrected chi connectivity index (χ3v) is 7.77. The average molecular weight is 477 g/mol. The fourth-order valence-electron chi connectivity index (χ4n) is 4.23. The zero-order valence-corrected chi connectivity index (χ0v) is 19.4. The lowest BCUT2D eigenvalue weighted by molar-refractivity contribution is 0.102. The van der Waals surface area contributed by atoms with Gasteiger partial charge in [0, 0.05) is 22.3 Å². The van der Waals surface area contributed by atoms with Gasteiger partial charge in [0.05, 0.1) is 5.02 Å². The van der Waals surface area contributed by atoms with Crippen LogP contribution in [0.15, 0.2) is 77.7 Å². The number of carbonyl (C=O) groups excluding carboxylic acids is 1. The second-order valence-corrected chi connectivity index (χ2v) is 10.2.